The molecule has 0 spiro atoms. The third kappa shape index (κ3) is 3.01. The zero-order valence-corrected chi connectivity index (χ0v) is 14.0. The molecule has 0 saturated carbocycles. The molecular formula is C18H13F3N4O2. The molecule has 1 N–H and O–H groups in total. The summed E-state index contributed by atoms with van der Waals surface area (Å²) in [5.74, 6) is -1.09. The summed E-state index contributed by atoms with van der Waals surface area (Å²) in [7, 11) is 1.48. The lowest BCUT2D eigenvalue weighted by Gasteiger charge is -2.31. The summed E-state index contributed by atoms with van der Waals surface area (Å²) >= 11 is 0. The number of nitrogens with zero attached hydrogens (tertiary/aromatic N) is 3. The number of hydrogen-bond acceptors (Lipinski definition) is 5. The van der Waals surface area contributed by atoms with Crippen molar-refractivity contribution in [3.8, 4) is 5.75 Å². The van der Waals surface area contributed by atoms with Gasteiger partial charge in [0.1, 0.15) is 18.1 Å². The number of rotatable bonds is 2. The number of carbonyl (C=O) groups excluding carboxylic acids is 1. The number of anilines is 3. The minimum absolute atomic E-state index is 0.0224. The van der Waals surface area contributed by atoms with Crippen LogP contribution < -0.4 is 15.0 Å². The molecule has 2 aromatic carbocycles. The van der Waals surface area contributed by atoms with E-state index in [1.165, 1.54) is 18.1 Å². The Morgan fingerprint density at radius 2 is 1.93 bits per heavy atom. The standard InChI is InChI=1S/C18H13F3N4O2/c1-27-10-6-7-14-13(8-10)22-15(26)9-25(14)16-11-4-2-3-5-12(11)23-17(24-16)18(19,20)21/h2-8H,9H2,1H3,(H,22,26). The minimum atomic E-state index is -4.71. The molecule has 1 amide bonds. The molecule has 0 atom stereocenters. The molecule has 1 aliphatic heterocycles. The molecule has 0 unspecified atom stereocenters. The van der Waals surface area contributed by atoms with E-state index in [0.29, 0.717) is 22.5 Å². The van der Waals surface area contributed by atoms with Gasteiger partial charge in [0.05, 0.1) is 24.0 Å². The molecule has 27 heavy (non-hydrogen) atoms. The van der Waals surface area contributed by atoms with Crippen LogP contribution in [-0.2, 0) is 11.0 Å². The van der Waals surface area contributed by atoms with E-state index < -0.39 is 12.0 Å². The van der Waals surface area contributed by atoms with Gasteiger partial charge in [-0.05, 0) is 24.3 Å². The lowest BCUT2D eigenvalue weighted by molar-refractivity contribution is -0.144. The molecule has 0 fully saturated rings. The molecule has 0 saturated heterocycles. The molecule has 138 valence electrons. The molecule has 0 aliphatic carbocycles. The predicted octanol–water partition coefficient (Wildman–Crippen LogP) is 3.75. The number of benzene rings is 2. The van der Waals surface area contributed by atoms with Crippen molar-refractivity contribution in [1.29, 1.82) is 0 Å². The van der Waals surface area contributed by atoms with Crippen LogP contribution in [0.3, 0.4) is 0 Å². The van der Waals surface area contributed by atoms with Gasteiger partial charge in [-0.15, -0.1) is 0 Å². The van der Waals surface area contributed by atoms with E-state index in [1.807, 2.05) is 0 Å². The Morgan fingerprint density at radius 3 is 2.67 bits per heavy atom. The average molecular weight is 374 g/mol. The van der Waals surface area contributed by atoms with E-state index in [4.69, 9.17) is 4.74 Å². The van der Waals surface area contributed by atoms with Crippen LogP contribution in [0.5, 0.6) is 5.75 Å². The highest BCUT2D eigenvalue weighted by molar-refractivity contribution is 6.05. The maximum atomic E-state index is 13.3. The van der Waals surface area contributed by atoms with E-state index in [0.717, 1.165) is 0 Å². The molecular weight excluding hydrogens is 361 g/mol. The Bertz CT molecular complexity index is 1050. The summed E-state index contributed by atoms with van der Waals surface area (Å²) in [5.41, 5.74) is 1.10. The number of amides is 1. The fraction of sp³-hybridized carbons (Fsp3) is 0.167. The summed E-state index contributed by atoms with van der Waals surface area (Å²) in [5, 5.41) is 3.12. The van der Waals surface area contributed by atoms with E-state index in [9.17, 15) is 18.0 Å². The van der Waals surface area contributed by atoms with Crippen molar-refractivity contribution in [2.45, 2.75) is 6.18 Å². The topological polar surface area (TPSA) is 67.3 Å². The summed E-state index contributed by atoms with van der Waals surface area (Å²) < 4.78 is 45.0. The third-order valence-electron chi connectivity index (χ3n) is 4.16. The molecule has 1 aliphatic rings. The van der Waals surface area contributed by atoms with Gasteiger partial charge >= 0.3 is 6.18 Å². The van der Waals surface area contributed by atoms with E-state index in [-0.39, 0.29) is 23.8 Å². The monoisotopic (exact) mass is 374 g/mol. The third-order valence-corrected chi connectivity index (χ3v) is 4.16. The minimum Gasteiger partial charge on any atom is -0.497 e. The lowest BCUT2D eigenvalue weighted by Crippen LogP contribution is -2.36. The van der Waals surface area contributed by atoms with Gasteiger partial charge in [0.25, 0.3) is 0 Å². The van der Waals surface area contributed by atoms with E-state index in [2.05, 4.69) is 15.3 Å². The number of fused-ring (bicyclic) bond motifs is 2. The highest BCUT2D eigenvalue weighted by Crippen LogP contribution is 2.40. The van der Waals surface area contributed by atoms with Crippen LogP contribution in [-0.4, -0.2) is 29.5 Å². The molecule has 6 nitrogen and oxygen atoms in total. The lowest BCUT2D eigenvalue weighted by atomic mass is 10.1. The number of methoxy groups -OCH3 is 1. The summed E-state index contributed by atoms with van der Waals surface area (Å²) in [6.45, 7) is -0.169. The first-order valence-electron chi connectivity index (χ1n) is 7.96. The van der Waals surface area contributed by atoms with Gasteiger partial charge in [0.15, 0.2) is 0 Å². The van der Waals surface area contributed by atoms with Crippen LogP contribution in [0.25, 0.3) is 10.9 Å². The Hall–Kier alpha value is -3.36. The molecule has 9 heteroatoms. The molecule has 4 rings (SSSR count). The second-order valence-corrected chi connectivity index (χ2v) is 5.90. The number of nitrogens with one attached hydrogen (secondary N) is 1. The molecule has 2 heterocycles. The van der Waals surface area contributed by atoms with Gasteiger partial charge in [0.2, 0.25) is 11.7 Å². The van der Waals surface area contributed by atoms with Crippen molar-refractivity contribution in [2.75, 3.05) is 23.9 Å². The SMILES string of the molecule is COc1ccc2c(c1)NC(=O)CN2c1nc(C(F)(F)F)nc2ccccc12. The van der Waals surface area contributed by atoms with Crippen LogP contribution in [0, 0.1) is 0 Å². The Labute approximate surface area is 151 Å². The van der Waals surface area contributed by atoms with Crippen LogP contribution in [0.2, 0.25) is 0 Å². The second-order valence-electron chi connectivity index (χ2n) is 5.90. The number of halogens is 3. The molecule has 0 bridgehead atoms. The molecule has 1 aromatic heterocycles. The van der Waals surface area contributed by atoms with Gasteiger partial charge in [-0.2, -0.15) is 13.2 Å². The van der Waals surface area contributed by atoms with Gasteiger partial charge in [-0.3, -0.25) is 4.79 Å². The van der Waals surface area contributed by atoms with Gasteiger partial charge in [0, 0.05) is 11.5 Å². The van der Waals surface area contributed by atoms with Crippen molar-refractivity contribution < 1.29 is 22.7 Å². The van der Waals surface area contributed by atoms with Crippen LogP contribution in [0.15, 0.2) is 42.5 Å². The van der Waals surface area contributed by atoms with Crippen molar-refractivity contribution in [2.24, 2.45) is 0 Å². The summed E-state index contributed by atoms with van der Waals surface area (Å²) in [4.78, 5) is 21.0. The normalized spacial score (nSPS) is 14.1. The Morgan fingerprint density at radius 1 is 1.15 bits per heavy atom. The van der Waals surface area contributed by atoms with Gasteiger partial charge in [-0.1, -0.05) is 12.1 Å². The van der Waals surface area contributed by atoms with Crippen LogP contribution in [0.1, 0.15) is 5.82 Å². The first-order chi connectivity index (χ1) is 12.9. The van der Waals surface area contributed by atoms with Crippen LogP contribution in [0.4, 0.5) is 30.4 Å². The number of ether oxygens (including phenoxy) is 1. The van der Waals surface area contributed by atoms with Gasteiger partial charge < -0.3 is 15.0 Å². The largest absolute Gasteiger partial charge is 0.497 e. The maximum absolute atomic E-state index is 13.3. The van der Waals surface area contributed by atoms with Crippen molar-refractivity contribution in [3.63, 3.8) is 0 Å². The second kappa shape index (κ2) is 6.11. The zero-order valence-electron chi connectivity index (χ0n) is 14.0. The fourth-order valence-electron chi connectivity index (χ4n) is 2.98. The Kier molecular flexibility index (Phi) is 3.87. The number of aromatic nitrogens is 2. The molecule has 0 radical (unpaired) electrons. The van der Waals surface area contributed by atoms with E-state index >= 15 is 0 Å². The summed E-state index contributed by atoms with van der Waals surface area (Å²) in [6.07, 6.45) is -4.71. The number of alkyl halides is 3. The van der Waals surface area contributed by atoms with Crippen molar-refractivity contribution >= 4 is 34.0 Å². The Balaban J connectivity index is 1.96. The molecule has 3 aromatic rings. The number of para-hydroxylation sites is 1. The highest BCUT2D eigenvalue weighted by atomic mass is 19.4. The number of hydrogen-bond donors (Lipinski definition) is 1. The predicted molar refractivity (Wildman–Crippen MR) is 93.2 cm³/mol. The van der Waals surface area contributed by atoms with E-state index in [1.54, 1.807) is 36.4 Å². The fourth-order valence-corrected chi connectivity index (χ4v) is 2.98. The maximum Gasteiger partial charge on any atom is 0.451 e. The van der Waals surface area contributed by atoms with Gasteiger partial charge in [-0.25, -0.2) is 9.97 Å². The number of carbonyl (C=O) groups is 1. The smallest absolute Gasteiger partial charge is 0.451 e. The highest BCUT2D eigenvalue weighted by Gasteiger charge is 2.37. The summed E-state index contributed by atoms with van der Waals surface area (Å²) in [6, 6.07) is 11.3. The first kappa shape index (κ1) is 17.1. The first-order valence-corrected chi connectivity index (χ1v) is 7.96. The van der Waals surface area contributed by atoms with Crippen molar-refractivity contribution in [1.82, 2.24) is 9.97 Å². The van der Waals surface area contributed by atoms with Crippen LogP contribution >= 0.6 is 0 Å². The quantitative estimate of drug-likeness (QED) is 0.740. The zero-order chi connectivity index (χ0) is 19.2. The van der Waals surface area contributed by atoms with Crippen molar-refractivity contribution in [3.05, 3.63) is 48.3 Å². The average Bonchev–Trinajstić information content (AvgIpc) is 2.65.